The summed E-state index contributed by atoms with van der Waals surface area (Å²) in [4.78, 5) is 0. The Balaban J connectivity index is 1.70. The number of halogens is 1. The number of benzene rings is 1. The minimum absolute atomic E-state index is 0.0743. The van der Waals surface area contributed by atoms with Crippen molar-refractivity contribution < 1.29 is 14.3 Å². The molecule has 0 aliphatic carbocycles. The van der Waals surface area contributed by atoms with Gasteiger partial charge in [-0.1, -0.05) is 11.6 Å². The highest BCUT2D eigenvalue weighted by molar-refractivity contribution is 6.31. The van der Waals surface area contributed by atoms with E-state index in [1.165, 1.54) is 0 Å². The van der Waals surface area contributed by atoms with E-state index >= 15 is 0 Å². The van der Waals surface area contributed by atoms with Crippen LogP contribution in [0, 0.1) is 5.41 Å². The van der Waals surface area contributed by atoms with Crippen molar-refractivity contribution in [2.24, 2.45) is 5.41 Å². The summed E-state index contributed by atoms with van der Waals surface area (Å²) >= 11 is 5.97. The molecule has 20 heavy (non-hydrogen) atoms. The largest absolute Gasteiger partial charge is 0.459 e. The fourth-order valence-corrected chi connectivity index (χ4v) is 2.54. The van der Waals surface area contributed by atoms with Crippen LogP contribution in [-0.2, 0) is 4.74 Å². The normalized spacial score (nSPS) is 18.9. The predicted molar refractivity (Wildman–Crippen MR) is 78.0 cm³/mol. The second kappa shape index (κ2) is 5.37. The number of ether oxygens (including phenoxy) is 1. The third kappa shape index (κ3) is 2.56. The third-order valence-corrected chi connectivity index (χ3v) is 4.09. The summed E-state index contributed by atoms with van der Waals surface area (Å²) in [5.41, 5.74) is 0.700. The van der Waals surface area contributed by atoms with Gasteiger partial charge in [0.15, 0.2) is 0 Å². The molecular weight excluding hydrogens is 278 g/mol. The predicted octanol–water partition coefficient (Wildman–Crippen LogP) is 2.75. The van der Waals surface area contributed by atoms with Crippen molar-refractivity contribution in [2.45, 2.75) is 13.0 Å². The first-order chi connectivity index (χ1) is 9.62. The molecule has 1 fully saturated rings. The van der Waals surface area contributed by atoms with E-state index in [9.17, 15) is 5.11 Å². The molecule has 0 amide bonds. The van der Waals surface area contributed by atoms with Crippen LogP contribution in [-0.4, -0.2) is 31.5 Å². The summed E-state index contributed by atoms with van der Waals surface area (Å²) in [5.74, 6) is 0.871. The van der Waals surface area contributed by atoms with Crippen LogP contribution in [0.3, 0.4) is 0 Å². The Bertz CT molecular complexity index is 601. The van der Waals surface area contributed by atoms with Gasteiger partial charge in [0.25, 0.3) is 0 Å². The minimum atomic E-state index is -0.135. The zero-order valence-corrected chi connectivity index (χ0v) is 12.1. The maximum absolute atomic E-state index is 9.41. The molecule has 0 radical (unpaired) electrons. The van der Waals surface area contributed by atoms with Crippen LogP contribution in [0.2, 0.25) is 5.02 Å². The van der Waals surface area contributed by atoms with Crippen molar-refractivity contribution in [3.63, 3.8) is 0 Å². The zero-order valence-electron chi connectivity index (χ0n) is 11.4. The summed E-state index contributed by atoms with van der Waals surface area (Å²) in [6.45, 7) is 4.12. The Morgan fingerprint density at radius 1 is 1.40 bits per heavy atom. The molecule has 1 aromatic heterocycles. The molecule has 1 atom stereocenters. The number of nitrogens with one attached hydrogen (secondary N) is 1. The molecule has 5 heteroatoms. The number of furan rings is 1. The van der Waals surface area contributed by atoms with Crippen molar-refractivity contribution in [2.75, 3.05) is 26.4 Å². The van der Waals surface area contributed by atoms with E-state index in [4.69, 9.17) is 20.8 Å². The number of rotatable bonds is 5. The fraction of sp³-hybridized carbons (Fsp3) is 0.467. The highest BCUT2D eigenvalue weighted by atomic mass is 35.5. The van der Waals surface area contributed by atoms with Gasteiger partial charge in [0, 0.05) is 17.0 Å². The average Bonchev–Trinajstić information content (AvgIpc) is 2.80. The maximum atomic E-state index is 9.41. The molecule has 1 unspecified atom stereocenters. The first kappa shape index (κ1) is 13.9. The van der Waals surface area contributed by atoms with Gasteiger partial charge in [-0.15, -0.1) is 0 Å². The quantitative estimate of drug-likeness (QED) is 0.890. The highest BCUT2D eigenvalue weighted by Crippen LogP contribution is 2.29. The molecule has 4 nitrogen and oxygen atoms in total. The Labute approximate surface area is 122 Å². The van der Waals surface area contributed by atoms with Gasteiger partial charge in [-0.2, -0.15) is 0 Å². The molecule has 108 valence electrons. The molecule has 1 aromatic carbocycles. The smallest absolute Gasteiger partial charge is 0.134 e. The van der Waals surface area contributed by atoms with Crippen LogP contribution < -0.4 is 5.32 Å². The molecule has 0 bridgehead atoms. The third-order valence-electron chi connectivity index (χ3n) is 3.86. The Morgan fingerprint density at radius 3 is 2.85 bits per heavy atom. The van der Waals surface area contributed by atoms with Gasteiger partial charge < -0.3 is 19.6 Å². The molecule has 0 saturated carbocycles. The number of fused-ring (bicyclic) bond motifs is 1. The summed E-state index contributed by atoms with van der Waals surface area (Å²) in [6.07, 6.45) is 0. The Hall–Kier alpha value is -1.07. The Morgan fingerprint density at radius 2 is 2.20 bits per heavy atom. The monoisotopic (exact) mass is 295 g/mol. The fourth-order valence-electron chi connectivity index (χ4n) is 2.36. The first-order valence-electron chi connectivity index (χ1n) is 6.73. The lowest BCUT2D eigenvalue weighted by Gasteiger charge is -2.40. The zero-order chi connectivity index (χ0) is 14.2. The van der Waals surface area contributed by atoms with E-state index in [0.717, 1.165) is 16.7 Å². The van der Waals surface area contributed by atoms with Crippen LogP contribution in [0.1, 0.15) is 18.7 Å². The van der Waals surface area contributed by atoms with E-state index in [1.807, 2.05) is 31.2 Å². The van der Waals surface area contributed by atoms with E-state index in [0.29, 0.717) is 24.8 Å². The van der Waals surface area contributed by atoms with Crippen molar-refractivity contribution in [1.29, 1.82) is 0 Å². The Kier molecular flexibility index (Phi) is 3.73. The average molecular weight is 296 g/mol. The van der Waals surface area contributed by atoms with Gasteiger partial charge in [-0.05, 0) is 31.2 Å². The summed E-state index contributed by atoms with van der Waals surface area (Å²) in [5, 5.41) is 14.5. The summed E-state index contributed by atoms with van der Waals surface area (Å²) in [7, 11) is 0. The van der Waals surface area contributed by atoms with Crippen molar-refractivity contribution >= 4 is 22.6 Å². The van der Waals surface area contributed by atoms with Gasteiger partial charge in [0.2, 0.25) is 0 Å². The van der Waals surface area contributed by atoms with Crippen molar-refractivity contribution in [3.8, 4) is 0 Å². The van der Waals surface area contributed by atoms with E-state index < -0.39 is 0 Å². The molecule has 1 saturated heterocycles. The van der Waals surface area contributed by atoms with Gasteiger partial charge >= 0.3 is 0 Å². The molecule has 2 aromatic rings. The summed E-state index contributed by atoms with van der Waals surface area (Å²) in [6, 6.07) is 7.67. The summed E-state index contributed by atoms with van der Waals surface area (Å²) < 4.78 is 11.0. The van der Waals surface area contributed by atoms with E-state index in [2.05, 4.69) is 5.32 Å². The lowest BCUT2D eigenvalue weighted by molar-refractivity contribution is -0.135. The van der Waals surface area contributed by atoms with Gasteiger partial charge in [-0.25, -0.2) is 0 Å². The topological polar surface area (TPSA) is 54.6 Å². The van der Waals surface area contributed by atoms with E-state index in [1.54, 1.807) is 0 Å². The van der Waals surface area contributed by atoms with Crippen molar-refractivity contribution in [1.82, 2.24) is 5.32 Å². The lowest BCUT2D eigenvalue weighted by atomic mass is 9.87. The number of aliphatic hydroxyl groups excluding tert-OH is 1. The second-order valence-electron chi connectivity index (χ2n) is 5.58. The lowest BCUT2D eigenvalue weighted by Crippen LogP contribution is -2.52. The molecule has 1 aliphatic rings. The SMILES string of the molecule is CC(NCC1(CO)COC1)c1cc2cc(Cl)ccc2o1. The number of aliphatic hydroxyl groups is 1. The second-order valence-corrected chi connectivity index (χ2v) is 6.02. The van der Waals surface area contributed by atoms with Crippen LogP contribution in [0.25, 0.3) is 11.0 Å². The number of hydrogen-bond donors (Lipinski definition) is 2. The standard InChI is InChI=1S/C15H18ClNO3/c1-10(17-6-15(7-18)8-19-9-15)14-5-11-4-12(16)2-3-13(11)20-14/h2-5,10,17-18H,6-9H2,1H3. The molecule has 0 spiro atoms. The minimum Gasteiger partial charge on any atom is -0.459 e. The van der Waals surface area contributed by atoms with Gasteiger partial charge in [0.05, 0.1) is 31.3 Å². The molecule has 1 aliphatic heterocycles. The van der Waals surface area contributed by atoms with Gasteiger partial charge in [0.1, 0.15) is 11.3 Å². The van der Waals surface area contributed by atoms with Crippen LogP contribution >= 0.6 is 11.6 Å². The number of hydrogen-bond acceptors (Lipinski definition) is 4. The van der Waals surface area contributed by atoms with E-state index in [-0.39, 0.29) is 18.1 Å². The van der Waals surface area contributed by atoms with Crippen molar-refractivity contribution in [3.05, 3.63) is 35.0 Å². The van der Waals surface area contributed by atoms with Crippen LogP contribution in [0.15, 0.2) is 28.7 Å². The van der Waals surface area contributed by atoms with Crippen LogP contribution in [0.5, 0.6) is 0 Å². The van der Waals surface area contributed by atoms with Gasteiger partial charge in [-0.3, -0.25) is 0 Å². The molecule has 2 N–H and O–H groups in total. The molecular formula is C15H18ClNO3. The maximum Gasteiger partial charge on any atom is 0.134 e. The highest BCUT2D eigenvalue weighted by Gasteiger charge is 2.38. The molecule has 3 rings (SSSR count). The first-order valence-corrected chi connectivity index (χ1v) is 7.11. The molecule has 2 heterocycles. The van der Waals surface area contributed by atoms with Crippen LogP contribution in [0.4, 0.5) is 0 Å².